The molecule has 0 radical (unpaired) electrons. The number of aromatic nitrogens is 4. The predicted octanol–water partition coefficient (Wildman–Crippen LogP) is 4.35. The van der Waals surface area contributed by atoms with Gasteiger partial charge in [-0.3, -0.25) is 0 Å². The third-order valence-corrected chi connectivity index (χ3v) is 4.13. The summed E-state index contributed by atoms with van der Waals surface area (Å²) in [5.41, 5.74) is 13.8. The number of hydrogen-bond acceptors (Lipinski definition) is 4. The maximum absolute atomic E-state index is 5.68. The molecular formula is C20H23IN6. The number of anilines is 2. The first-order valence-electron chi connectivity index (χ1n) is 8.28. The SMILES string of the molecule is Cc1ncc[nH]1.Cc1nccn1-c1cccc(N)c1.Nc1cccc(I)c1. The normalized spacial score (nSPS) is 9.59. The molecule has 7 heteroatoms. The molecule has 6 nitrogen and oxygen atoms in total. The highest BCUT2D eigenvalue weighted by Gasteiger charge is 1.99. The van der Waals surface area contributed by atoms with Crippen LogP contribution in [0.1, 0.15) is 11.6 Å². The van der Waals surface area contributed by atoms with Crippen molar-refractivity contribution in [3.8, 4) is 5.69 Å². The number of nitrogens with one attached hydrogen (secondary N) is 1. The van der Waals surface area contributed by atoms with Crippen molar-refractivity contribution in [2.24, 2.45) is 0 Å². The van der Waals surface area contributed by atoms with Crippen LogP contribution < -0.4 is 11.5 Å². The Balaban J connectivity index is 0.000000159. The first-order chi connectivity index (χ1) is 13.0. The van der Waals surface area contributed by atoms with Crippen LogP contribution in [-0.4, -0.2) is 19.5 Å². The standard InChI is InChI=1S/C10H11N3.C6H6IN.C4H6N2/c1-8-12-5-6-13(8)10-4-2-3-9(11)7-10;7-5-2-1-3-6(8)4-5;1-4-5-2-3-6-4/h2-7H,11H2,1H3;1-4H,8H2;2-3H,1H3,(H,5,6). The van der Waals surface area contributed by atoms with Gasteiger partial charge in [0.2, 0.25) is 0 Å². The Hall–Kier alpha value is -2.81. The van der Waals surface area contributed by atoms with Gasteiger partial charge in [0.1, 0.15) is 11.6 Å². The molecule has 27 heavy (non-hydrogen) atoms. The molecule has 0 amide bonds. The van der Waals surface area contributed by atoms with Gasteiger partial charge < -0.3 is 21.0 Å². The fraction of sp³-hybridized carbons (Fsp3) is 0.100. The van der Waals surface area contributed by atoms with Gasteiger partial charge in [-0.05, 0) is 72.8 Å². The van der Waals surface area contributed by atoms with E-state index in [1.807, 2.05) is 73.1 Å². The van der Waals surface area contributed by atoms with Crippen LogP contribution in [-0.2, 0) is 0 Å². The summed E-state index contributed by atoms with van der Waals surface area (Å²) in [4.78, 5) is 10.9. The molecule has 0 unspecified atom stereocenters. The molecule has 2 aromatic carbocycles. The van der Waals surface area contributed by atoms with Gasteiger partial charge in [-0.15, -0.1) is 0 Å². The number of H-pyrrole nitrogens is 1. The van der Waals surface area contributed by atoms with E-state index in [1.165, 1.54) is 3.57 Å². The Morgan fingerprint density at radius 3 is 2.04 bits per heavy atom. The number of aromatic amines is 1. The van der Waals surface area contributed by atoms with E-state index in [1.54, 1.807) is 18.6 Å². The maximum atomic E-state index is 5.68. The highest BCUT2D eigenvalue weighted by atomic mass is 127. The molecule has 5 N–H and O–H groups in total. The fourth-order valence-electron chi connectivity index (χ4n) is 2.18. The number of rotatable bonds is 1. The second-order valence-corrected chi connectivity index (χ2v) is 6.91. The van der Waals surface area contributed by atoms with Gasteiger partial charge in [-0.1, -0.05) is 12.1 Å². The average molecular weight is 474 g/mol. The van der Waals surface area contributed by atoms with Crippen LogP contribution in [0.25, 0.3) is 5.69 Å². The van der Waals surface area contributed by atoms with Gasteiger partial charge in [-0.2, -0.15) is 0 Å². The van der Waals surface area contributed by atoms with Gasteiger partial charge in [-0.25, -0.2) is 9.97 Å². The van der Waals surface area contributed by atoms with E-state index in [4.69, 9.17) is 11.5 Å². The lowest BCUT2D eigenvalue weighted by Crippen LogP contribution is -1.96. The Kier molecular flexibility index (Phi) is 7.87. The Bertz CT molecular complexity index is 929. The molecule has 0 bridgehead atoms. The van der Waals surface area contributed by atoms with Crippen molar-refractivity contribution in [2.45, 2.75) is 13.8 Å². The monoisotopic (exact) mass is 474 g/mol. The van der Waals surface area contributed by atoms with Gasteiger partial charge in [0.05, 0.1) is 0 Å². The molecule has 0 spiro atoms. The number of nitrogens with zero attached hydrogens (tertiary/aromatic N) is 3. The molecule has 140 valence electrons. The fourth-order valence-corrected chi connectivity index (χ4v) is 2.74. The Morgan fingerprint density at radius 2 is 1.63 bits per heavy atom. The van der Waals surface area contributed by atoms with Crippen LogP contribution in [0.4, 0.5) is 11.4 Å². The molecule has 0 atom stereocenters. The van der Waals surface area contributed by atoms with Crippen LogP contribution >= 0.6 is 22.6 Å². The predicted molar refractivity (Wildman–Crippen MR) is 120 cm³/mol. The summed E-state index contributed by atoms with van der Waals surface area (Å²) in [6.07, 6.45) is 7.23. The highest BCUT2D eigenvalue weighted by molar-refractivity contribution is 14.1. The molecule has 0 aliphatic rings. The lowest BCUT2D eigenvalue weighted by atomic mass is 10.3. The quantitative estimate of drug-likeness (QED) is 0.282. The van der Waals surface area contributed by atoms with Gasteiger partial charge in [0.25, 0.3) is 0 Å². The summed E-state index contributed by atoms with van der Waals surface area (Å²) in [6, 6.07) is 15.5. The number of hydrogen-bond donors (Lipinski definition) is 3. The first kappa shape index (κ1) is 20.5. The average Bonchev–Trinajstić information content (AvgIpc) is 3.27. The summed E-state index contributed by atoms with van der Waals surface area (Å²) < 4.78 is 3.18. The summed E-state index contributed by atoms with van der Waals surface area (Å²) in [5, 5.41) is 0. The van der Waals surface area contributed by atoms with Crippen LogP contribution in [0.2, 0.25) is 0 Å². The third kappa shape index (κ3) is 7.14. The molecule has 0 saturated heterocycles. The molecule has 4 aromatic rings. The topological polar surface area (TPSA) is 98.5 Å². The zero-order chi connectivity index (χ0) is 19.6. The summed E-state index contributed by atoms with van der Waals surface area (Å²) in [6.45, 7) is 3.88. The second-order valence-electron chi connectivity index (χ2n) is 5.67. The van der Waals surface area contributed by atoms with Gasteiger partial charge in [0, 0.05) is 45.4 Å². The number of nitrogens with two attached hydrogens (primary N) is 2. The van der Waals surface area contributed by atoms with E-state index in [2.05, 4.69) is 37.5 Å². The first-order valence-corrected chi connectivity index (χ1v) is 9.36. The minimum atomic E-state index is 0.769. The van der Waals surface area contributed by atoms with Crippen molar-refractivity contribution in [3.63, 3.8) is 0 Å². The van der Waals surface area contributed by atoms with E-state index in [0.29, 0.717) is 0 Å². The lowest BCUT2D eigenvalue weighted by molar-refractivity contribution is 0.975. The molecule has 0 saturated carbocycles. The number of halogens is 1. The summed E-state index contributed by atoms with van der Waals surface area (Å²) in [7, 11) is 0. The van der Waals surface area contributed by atoms with Gasteiger partial charge in [0.15, 0.2) is 0 Å². The molecule has 4 rings (SSSR count). The molecule has 0 aliphatic carbocycles. The molecule has 2 heterocycles. The van der Waals surface area contributed by atoms with Gasteiger partial charge >= 0.3 is 0 Å². The molecular weight excluding hydrogens is 451 g/mol. The second kappa shape index (κ2) is 10.4. The van der Waals surface area contributed by atoms with Crippen molar-refractivity contribution in [1.82, 2.24) is 19.5 Å². The van der Waals surface area contributed by atoms with Crippen LogP contribution in [0.15, 0.2) is 73.3 Å². The van der Waals surface area contributed by atoms with Crippen molar-refractivity contribution >= 4 is 34.0 Å². The number of nitrogen functional groups attached to an aromatic ring is 2. The van der Waals surface area contributed by atoms with E-state index in [-0.39, 0.29) is 0 Å². The van der Waals surface area contributed by atoms with E-state index < -0.39 is 0 Å². The van der Waals surface area contributed by atoms with Crippen molar-refractivity contribution in [1.29, 1.82) is 0 Å². The van der Waals surface area contributed by atoms with E-state index in [9.17, 15) is 0 Å². The van der Waals surface area contributed by atoms with Crippen LogP contribution in [0, 0.1) is 17.4 Å². The molecule has 0 aliphatic heterocycles. The summed E-state index contributed by atoms with van der Waals surface area (Å²) in [5.74, 6) is 1.93. The smallest absolute Gasteiger partial charge is 0.110 e. The largest absolute Gasteiger partial charge is 0.399 e. The van der Waals surface area contributed by atoms with Crippen molar-refractivity contribution < 1.29 is 0 Å². The number of benzene rings is 2. The third-order valence-electron chi connectivity index (χ3n) is 3.46. The number of aryl methyl sites for hydroxylation is 2. The summed E-state index contributed by atoms with van der Waals surface area (Å²) >= 11 is 2.23. The van der Waals surface area contributed by atoms with Crippen LogP contribution in [0.3, 0.4) is 0 Å². The minimum absolute atomic E-state index is 0.769. The maximum Gasteiger partial charge on any atom is 0.110 e. The van der Waals surface area contributed by atoms with Crippen molar-refractivity contribution in [3.05, 3.63) is 88.5 Å². The zero-order valence-corrected chi connectivity index (χ0v) is 17.5. The number of imidazole rings is 2. The minimum Gasteiger partial charge on any atom is -0.399 e. The lowest BCUT2D eigenvalue weighted by Gasteiger charge is -2.04. The highest BCUT2D eigenvalue weighted by Crippen LogP contribution is 2.13. The Labute approximate surface area is 172 Å². The zero-order valence-electron chi connectivity index (χ0n) is 15.3. The molecule has 2 aromatic heterocycles. The van der Waals surface area contributed by atoms with E-state index >= 15 is 0 Å². The van der Waals surface area contributed by atoms with Crippen LogP contribution in [0.5, 0.6) is 0 Å². The molecule has 0 fully saturated rings. The Morgan fingerprint density at radius 1 is 0.926 bits per heavy atom. The van der Waals surface area contributed by atoms with Crippen molar-refractivity contribution in [2.75, 3.05) is 11.5 Å². The van der Waals surface area contributed by atoms with E-state index in [0.717, 1.165) is 28.7 Å².